The molecule has 3 aliphatic heterocycles. The first kappa shape index (κ1) is 17.5. The van der Waals surface area contributed by atoms with E-state index in [1.54, 1.807) is 4.31 Å². The normalized spacial score (nSPS) is 27.8. The van der Waals surface area contributed by atoms with Crippen LogP contribution in [0.15, 0.2) is 17.0 Å². The molecule has 9 heteroatoms. The van der Waals surface area contributed by atoms with Crippen molar-refractivity contribution in [1.82, 2.24) is 9.21 Å². The molecule has 27 heavy (non-hydrogen) atoms. The zero-order chi connectivity index (χ0) is 19.2. The zero-order valence-electron chi connectivity index (χ0n) is 14.6. The molecular weight excluding hydrogens is 381 g/mol. The fourth-order valence-corrected chi connectivity index (χ4v) is 7.44. The van der Waals surface area contributed by atoms with Crippen molar-refractivity contribution in [2.75, 3.05) is 13.1 Å². The number of sulfonamides is 1. The average molecular weight is 400 g/mol. The van der Waals surface area contributed by atoms with Gasteiger partial charge >= 0.3 is 12.1 Å². The van der Waals surface area contributed by atoms with E-state index in [4.69, 9.17) is 0 Å². The molecule has 2 fully saturated rings. The molecule has 1 unspecified atom stereocenters. The highest BCUT2D eigenvalue weighted by molar-refractivity contribution is 7.89. The summed E-state index contributed by atoms with van der Waals surface area (Å²) in [5, 5.41) is 0. The van der Waals surface area contributed by atoms with E-state index in [1.807, 2.05) is 12.1 Å². The van der Waals surface area contributed by atoms with Crippen LogP contribution in [0.25, 0.3) is 0 Å². The summed E-state index contributed by atoms with van der Waals surface area (Å²) >= 11 is 0. The average Bonchev–Trinajstić information content (AvgIpc) is 3.08. The van der Waals surface area contributed by atoms with Gasteiger partial charge in [0, 0.05) is 19.6 Å². The summed E-state index contributed by atoms with van der Waals surface area (Å²) < 4.78 is 66.5. The molecule has 5 rings (SSSR count). The number of rotatable bonds is 0. The first-order valence-electron chi connectivity index (χ1n) is 9.15. The molecule has 3 heterocycles. The molecule has 1 aliphatic carbocycles. The maximum atomic E-state index is 13.2. The van der Waals surface area contributed by atoms with Gasteiger partial charge < -0.3 is 4.90 Å². The van der Waals surface area contributed by atoms with Crippen LogP contribution in [-0.4, -0.2) is 42.8 Å². The van der Waals surface area contributed by atoms with Gasteiger partial charge in [-0.3, -0.25) is 4.79 Å². The van der Waals surface area contributed by atoms with Gasteiger partial charge in [0.15, 0.2) is 0 Å². The molecular formula is C18H19F3N2O3S. The van der Waals surface area contributed by atoms with Crippen molar-refractivity contribution in [1.29, 1.82) is 0 Å². The van der Waals surface area contributed by atoms with Crippen molar-refractivity contribution in [3.8, 4) is 0 Å². The minimum absolute atomic E-state index is 0.0551. The number of benzene rings is 1. The molecule has 1 saturated heterocycles. The Morgan fingerprint density at radius 2 is 1.96 bits per heavy atom. The van der Waals surface area contributed by atoms with Gasteiger partial charge in [-0.2, -0.15) is 17.5 Å². The number of alkyl halides is 3. The van der Waals surface area contributed by atoms with E-state index in [-0.39, 0.29) is 35.9 Å². The van der Waals surface area contributed by atoms with Crippen LogP contribution in [0.2, 0.25) is 0 Å². The lowest BCUT2D eigenvalue weighted by Crippen LogP contribution is -2.44. The van der Waals surface area contributed by atoms with E-state index >= 15 is 0 Å². The summed E-state index contributed by atoms with van der Waals surface area (Å²) in [5.41, 5.74) is 1.86. The standard InChI is InChI=1S/C18H19F3N2O3S/c19-18(20,21)16(24)22-7-4-11-2-3-12-14-8-17(5-1-6-17)10-23(14)27(25,26)15(12)13(11)9-22/h2-3,14H,1,4-10H2. The summed E-state index contributed by atoms with van der Waals surface area (Å²) in [6.45, 7) is 0.136. The van der Waals surface area contributed by atoms with Gasteiger partial charge in [0.25, 0.3) is 0 Å². The van der Waals surface area contributed by atoms with Crippen LogP contribution in [0.5, 0.6) is 0 Å². The predicted octanol–water partition coefficient (Wildman–Crippen LogP) is 2.75. The number of fused-ring (bicyclic) bond motifs is 5. The molecule has 1 saturated carbocycles. The van der Waals surface area contributed by atoms with Crippen LogP contribution in [0, 0.1) is 5.41 Å². The minimum atomic E-state index is -4.95. The lowest BCUT2D eigenvalue weighted by atomic mass is 9.67. The summed E-state index contributed by atoms with van der Waals surface area (Å²) in [5.74, 6) is -1.91. The molecule has 5 nitrogen and oxygen atoms in total. The number of carbonyl (C=O) groups excluding carboxylic acids is 1. The third kappa shape index (κ3) is 2.33. The molecule has 4 aliphatic rings. The lowest BCUT2D eigenvalue weighted by Gasteiger charge is -2.38. The molecule has 0 N–H and O–H groups in total. The zero-order valence-corrected chi connectivity index (χ0v) is 15.4. The first-order chi connectivity index (χ1) is 12.6. The van der Waals surface area contributed by atoms with Gasteiger partial charge in [0.1, 0.15) is 0 Å². The van der Waals surface area contributed by atoms with Crippen molar-refractivity contribution in [2.24, 2.45) is 5.41 Å². The molecule has 0 bridgehead atoms. The van der Waals surface area contributed by atoms with Crippen LogP contribution in [0.3, 0.4) is 0 Å². The van der Waals surface area contributed by atoms with E-state index in [1.165, 1.54) is 0 Å². The van der Waals surface area contributed by atoms with E-state index in [0.29, 0.717) is 17.7 Å². The number of amides is 1. The Labute approximate surface area is 155 Å². The highest BCUT2D eigenvalue weighted by atomic mass is 32.2. The second-order valence-corrected chi connectivity index (χ2v) is 10.0. The molecule has 1 atom stereocenters. The molecule has 1 spiro atoms. The maximum Gasteiger partial charge on any atom is 0.471 e. The van der Waals surface area contributed by atoms with Crippen molar-refractivity contribution < 1.29 is 26.4 Å². The Morgan fingerprint density at radius 1 is 1.22 bits per heavy atom. The van der Waals surface area contributed by atoms with Crippen molar-refractivity contribution >= 4 is 15.9 Å². The summed E-state index contributed by atoms with van der Waals surface area (Å²) in [6.07, 6.45) is -0.762. The SMILES string of the molecule is O=C(N1CCc2ccc3c(c2C1)S(=O)(=O)N1CC2(CCC2)CC31)C(F)(F)F. The second-order valence-electron chi connectivity index (χ2n) is 8.22. The third-order valence-electron chi connectivity index (χ3n) is 6.72. The van der Waals surface area contributed by atoms with Gasteiger partial charge in [-0.1, -0.05) is 18.6 Å². The topological polar surface area (TPSA) is 57.7 Å². The number of hydrogen-bond donors (Lipinski definition) is 0. The van der Waals surface area contributed by atoms with E-state index < -0.39 is 22.1 Å². The van der Waals surface area contributed by atoms with Crippen LogP contribution in [-0.2, 0) is 27.8 Å². The number of carbonyl (C=O) groups is 1. The minimum Gasteiger partial charge on any atom is -0.330 e. The van der Waals surface area contributed by atoms with Gasteiger partial charge in [0.2, 0.25) is 10.0 Å². The van der Waals surface area contributed by atoms with E-state index in [2.05, 4.69) is 0 Å². The Bertz CT molecular complexity index is 953. The highest BCUT2D eigenvalue weighted by Gasteiger charge is 2.57. The third-order valence-corrected chi connectivity index (χ3v) is 8.72. The Morgan fingerprint density at radius 3 is 2.59 bits per heavy atom. The van der Waals surface area contributed by atoms with Gasteiger partial charge in [-0.05, 0) is 47.8 Å². The highest BCUT2D eigenvalue weighted by Crippen LogP contribution is 2.59. The monoisotopic (exact) mass is 400 g/mol. The van der Waals surface area contributed by atoms with Gasteiger partial charge in [-0.25, -0.2) is 8.42 Å². The summed E-state index contributed by atoms with van der Waals surface area (Å²) in [7, 11) is -3.74. The lowest BCUT2D eigenvalue weighted by molar-refractivity contribution is -0.186. The number of hydrogen-bond acceptors (Lipinski definition) is 3. The fourth-order valence-electron chi connectivity index (χ4n) is 5.23. The Hall–Kier alpha value is -1.61. The smallest absolute Gasteiger partial charge is 0.330 e. The van der Waals surface area contributed by atoms with Crippen molar-refractivity contribution in [2.45, 2.75) is 55.8 Å². The molecule has 1 amide bonds. The van der Waals surface area contributed by atoms with Crippen molar-refractivity contribution in [3.05, 3.63) is 28.8 Å². The molecule has 1 aromatic rings. The first-order valence-corrected chi connectivity index (χ1v) is 10.6. The Kier molecular flexibility index (Phi) is 3.40. The maximum absolute atomic E-state index is 13.2. The summed E-state index contributed by atoms with van der Waals surface area (Å²) in [4.78, 5) is 12.5. The Balaban J connectivity index is 1.56. The van der Waals surface area contributed by atoms with Crippen LogP contribution in [0.1, 0.15) is 48.4 Å². The van der Waals surface area contributed by atoms with Crippen molar-refractivity contribution in [3.63, 3.8) is 0 Å². The number of nitrogens with zero attached hydrogens (tertiary/aromatic N) is 2. The van der Waals surface area contributed by atoms with E-state index in [0.717, 1.165) is 36.1 Å². The quantitative estimate of drug-likeness (QED) is 0.673. The van der Waals surface area contributed by atoms with Gasteiger partial charge in [-0.15, -0.1) is 0 Å². The predicted molar refractivity (Wildman–Crippen MR) is 89.2 cm³/mol. The molecule has 0 aromatic heterocycles. The molecule has 1 aromatic carbocycles. The van der Waals surface area contributed by atoms with Crippen LogP contribution in [0.4, 0.5) is 13.2 Å². The molecule has 146 valence electrons. The van der Waals surface area contributed by atoms with Crippen LogP contribution < -0.4 is 0 Å². The van der Waals surface area contributed by atoms with E-state index in [9.17, 15) is 26.4 Å². The second kappa shape index (κ2) is 5.26. The largest absolute Gasteiger partial charge is 0.471 e. The van der Waals surface area contributed by atoms with Crippen LogP contribution >= 0.6 is 0 Å². The number of halogens is 3. The molecule has 0 radical (unpaired) electrons. The summed E-state index contributed by atoms with van der Waals surface area (Å²) in [6, 6.07) is 3.44. The fraction of sp³-hybridized carbons (Fsp3) is 0.611. The van der Waals surface area contributed by atoms with Gasteiger partial charge in [0.05, 0.1) is 10.9 Å².